The number of likely N-dealkylation sites (tertiary alicyclic amines) is 1. The Labute approximate surface area is 217 Å². The highest BCUT2D eigenvalue weighted by molar-refractivity contribution is 5.97. The van der Waals surface area contributed by atoms with Crippen LogP contribution >= 0.6 is 0 Å². The van der Waals surface area contributed by atoms with Gasteiger partial charge in [-0.2, -0.15) is 18.3 Å². The van der Waals surface area contributed by atoms with E-state index in [4.69, 9.17) is 5.73 Å². The van der Waals surface area contributed by atoms with Crippen LogP contribution in [0.1, 0.15) is 32.0 Å². The SMILES string of the molecule is Cc1ccc(-c2cc(C(F)(F)F)c3c(N)ncnn23)cc1C(=O)N[C@@H]1CN(C(=O)c2ccc(F)cn2)C[C@@H]1F. The molecule has 1 fully saturated rings. The highest BCUT2D eigenvalue weighted by Crippen LogP contribution is 2.38. The Morgan fingerprint density at radius 2 is 1.87 bits per heavy atom. The maximum Gasteiger partial charge on any atom is 0.418 e. The fraction of sp³-hybridized carbons (Fsp3) is 0.240. The standard InChI is InChI=1S/C25H20F5N7O2/c1-12-2-3-13(20-7-16(25(28,29)30)21-22(31)33-11-34-37(20)21)6-15(12)23(38)35-19-10-36(9-17(19)27)24(39)18-5-4-14(26)8-32-18/h2-8,11,17,19H,9-10H2,1H3,(H,35,38)(H2,31,33,34)/t17-,19+/m0/s1. The van der Waals surface area contributed by atoms with E-state index in [9.17, 15) is 31.5 Å². The maximum atomic E-state index is 14.8. The quantitative estimate of drug-likeness (QED) is 0.380. The number of nitrogens with one attached hydrogen (secondary N) is 1. The molecule has 0 aliphatic carbocycles. The lowest BCUT2D eigenvalue weighted by molar-refractivity contribution is -0.136. The van der Waals surface area contributed by atoms with Crippen molar-refractivity contribution in [3.63, 3.8) is 0 Å². The summed E-state index contributed by atoms with van der Waals surface area (Å²) < 4.78 is 70.0. The third-order valence-corrected chi connectivity index (χ3v) is 6.46. The van der Waals surface area contributed by atoms with Crippen LogP contribution in [0.3, 0.4) is 0 Å². The molecule has 3 aromatic heterocycles. The van der Waals surface area contributed by atoms with Gasteiger partial charge in [0.05, 0.1) is 30.0 Å². The number of hydrogen-bond donors (Lipinski definition) is 2. The number of nitrogens with two attached hydrogens (primary N) is 1. The molecular weight excluding hydrogens is 525 g/mol. The normalized spacial score (nSPS) is 17.5. The van der Waals surface area contributed by atoms with E-state index in [1.165, 1.54) is 18.2 Å². The molecule has 1 aliphatic rings. The number of amides is 2. The van der Waals surface area contributed by atoms with Crippen molar-refractivity contribution in [3.05, 3.63) is 77.1 Å². The third kappa shape index (κ3) is 4.84. The van der Waals surface area contributed by atoms with Crippen molar-refractivity contribution in [2.75, 3.05) is 18.8 Å². The molecule has 0 radical (unpaired) electrons. The van der Waals surface area contributed by atoms with Crippen molar-refractivity contribution >= 4 is 23.1 Å². The third-order valence-electron chi connectivity index (χ3n) is 6.46. The molecule has 0 spiro atoms. The van der Waals surface area contributed by atoms with Crippen LogP contribution in [0.2, 0.25) is 0 Å². The van der Waals surface area contributed by atoms with Gasteiger partial charge in [-0.3, -0.25) is 9.59 Å². The fourth-order valence-electron chi connectivity index (χ4n) is 4.49. The lowest BCUT2D eigenvalue weighted by atomic mass is 10.0. The first kappa shape index (κ1) is 26.0. The number of halogens is 5. The number of alkyl halides is 4. The molecule has 1 saturated heterocycles. The Morgan fingerprint density at radius 1 is 1.10 bits per heavy atom. The van der Waals surface area contributed by atoms with Gasteiger partial charge in [0.1, 0.15) is 29.5 Å². The number of aryl methyl sites for hydroxylation is 1. The first-order valence-electron chi connectivity index (χ1n) is 11.6. The van der Waals surface area contributed by atoms with Crippen LogP contribution in [0.4, 0.5) is 27.8 Å². The Morgan fingerprint density at radius 3 is 2.56 bits per heavy atom. The average Bonchev–Trinajstić information content (AvgIpc) is 3.46. The number of anilines is 1. The van der Waals surface area contributed by atoms with Gasteiger partial charge in [0.15, 0.2) is 5.82 Å². The summed E-state index contributed by atoms with van der Waals surface area (Å²) in [6, 6.07) is 6.50. The lowest BCUT2D eigenvalue weighted by Crippen LogP contribution is -2.42. The van der Waals surface area contributed by atoms with E-state index in [2.05, 4.69) is 20.4 Å². The number of benzene rings is 1. The number of nitrogen functional groups attached to an aromatic ring is 1. The van der Waals surface area contributed by atoms with Crippen LogP contribution in [-0.4, -0.2) is 61.6 Å². The number of pyridine rings is 1. The Balaban J connectivity index is 1.40. The predicted octanol–water partition coefficient (Wildman–Crippen LogP) is 3.43. The molecule has 4 aromatic rings. The first-order valence-corrected chi connectivity index (χ1v) is 11.6. The lowest BCUT2D eigenvalue weighted by Gasteiger charge is -2.17. The monoisotopic (exact) mass is 545 g/mol. The van der Waals surface area contributed by atoms with E-state index in [0.717, 1.165) is 34.1 Å². The van der Waals surface area contributed by atoms with Gasteiger partial charge < -0.3 is 16.0 Å². The maximum absolute atomic E-state index is 14.8. The first-order chi connectivity index (χ1) is 18.4. The highest BCUT2D eigenvalue weighted by Gasteiger charge is 2.38. The largest absolute Gasteiger partial charge is 0.418 e. The minimum atomic E-state index is -4.74. The number of hydrogen-bond acceptors (Lipinski definition) is 6. The summed E-state index contributed by atoms with van der Waals surface area (Å²) in [5, 5.41) is 6.47. The van der Waals surface area contributed by atoms with Crippen molar-refractivity contribution in [2.24, 2.45) is 0 Å². The van der Waals surface area contributed by atoms with Gasteiger partial charge in [0.2, 0.25) is 0 Å². The van der Waals surface area contributed by atoms with Crippen LogP contribution in [0.5, 0.6) is 0 Å². The molecule has 39 heavy (non-hydrogen) atoms. The number of aromatic nitrogens is 4. The number of nitrogens with zero attached hydrogens (tertiary/aromatic N) is 5. The van der Waals surface area contributed by atoms with E-state index in [-0.39, 0.29) is 41.4 Å². The topological polar surface area (TPSA) is 119 Å². The molecule has 3 N–H and O–H groups in total. The molecule has 4 heterocycles. The Hall–Kier alpha value is -4.62. The summed E-state index contributed by atoms with van der Waals surface area (Å²) in [6.07, 6.45) is -4.44. The predicted molar refractivity (Wildman–Crippen MR) is 129 cm³/mol. The zero-order valence-electron chi connectivity index (χ0n) is 20.2. The number of rotatable bonds is 4. The van der Waals surface area contributed by atoms with E-state index in [0.29, 0.717) is 5.56 Å². The molecule has 5 rings (SSSR count). The molecule has 0 saturated carbocycles. The van der Waals surface area contributed by atoms with Gasteiger partial charge in [-0.15, -0.1) is 0 Å². The molecule has 1 aromatic carbocycles. The fourth-order valence-corrected chi connectivity index (χ4v) is 4.49. The van der Waals surface area contributed by atoms with Crippen LogP contribution in [-0.2, 0) is 6.18 Å². The van der Waals surface area contributed by atoms with Crippen molar-refractivity contribution in [2.45, 2.75) is 25.3 Å². The van der Waals surface area contributed by atoms with Crippen LogP contribution in [0.25, 0.3) is 16.8 Å². The van der Waals surface area contributed by atoms with Gasteiger partial charge in [-0.25, -0.2) is 23.3 Å². The van der Waals surface area contributed by atoms with E-state index in [1.54, 1.807) is 13.0 Å². The number of carbonyl (C=O) groups is 2. The average molecular weight is 545 g/mol. The van der Waals surface area contributed by atoms with Crippen molar-refractivity contribution in [1.82, 2.24) is 29.8 Å². The van der Waals surface area contributed by atoms with E-state index in [1.807, 2.05) is 0 Å². The summed E-state index contributed by atoms with van der Waals surface area (Å²) in [5.41, 5.74) is 5.02. The van der Waals surface area contributed by atoms with Gasteiger partial charge >= 0.3 is 6.18 Å². The van der Waals surface area contributed by atoms with Gasteiger partial charge in [0, 0.05) is 17.7 Å². The summed E-state index contributed by atoms with van der Waals surface area (Å²) in [6.45, 7) is 1.16. The zero-order chi connectivity index (χ0) is 28.1. The zero-order valence-corrected chi connectivity index (χ0v) is 20.2. The van der Waals surface area contributed by atoms with Gasteiger partial charge in [-0.1, -0.05) is 12.1 Å². The Kier molecular flexibility index (Phi) is 6.40. The summed E-state index contributed by atoms with van der Waals surface area (Å²) in [7, 11) is 0. The number of fused-ring (bicyclic) bond motifs is 1. The molecule has 1 aliphatic heterocycles. The van der Waals surface area contributed by atoms with Crippen LogP contribution in [0.15, 0.2) is 48.9 Å². The molecule has 2 atom stereocenters. The van der Waals surface area contributed by atoms with Crippen molar-refractivity contribution in [3.8, 4) is 11.3 Å². The molecule has 0 unspecified atom stereocenters. The second-order valence-corrected chi connectivity index (χ2v) is 9.04. The van der Waals surface area contributed by atoms with E-state index < -0.39 is 47.1 Å². The molecule has 0 bridgehead atoms. The molecular formula is C25H20F5N7O2. The molecule has 2 amide bonds. The van der Waals surface area contributed by atoms with Crippen LogP contribution in [0, 0.1) is 12.7 Å². The second kappa shape index (κ2) is 9.60. The van der Waals surface area contributed by atoms with Crippen molar-refractivity contribution in [1.29, 1.82) is 0 Å². The second-order valence-electron chi connectivity index (χ2n) is 9.04. The summed E-state index contributed by atoms with van der Waals surface area (Å²) in [5.74, 6) is -2.28. The molecule has 14 heteroatoms. The van der Waals surface area contributed by atoms with Crippen LogP contribution < -0.4 is 11.1 Å². The molecule has 202 valence electrons. The minimum absolute atomic E-state index is 0.0216. The number of carbonyl (C=O) groups excluding carboxylic acids is 2. The van der Waals surface area contributed by atoms with Gasteiger partial charge in [0.25, 0.3) is 11.8 Å². The van der Waals surface area contributed by atoms with Crippen molar-refractivity contribution < 1.29 is 31.5 Å². The Bertz CT molecular complexity index is 1590. The molecule has 9 nitrogen and oxygen atoms in total. The van der Waals surface area contributed by atoms with Gasteiger partial charge in [-0.05, 0) is 36.8 Å². The summed E-state index contributed by atoms with van der Waals surface area (Å²) in [4.78, 5) is 34.3. The summed E-state index contributed by atoms with van der Waals surface area (Å²) >= 11 is 0. The smallest absolute Gasteiger partial charge is 0.382 e. The minimum Gasteiger partial charge on any atom is -0.382 e. The highest BCUT2D eigenvalue weighted by atomic mass is 19.4. The van der Waals surface area contributed by atoms with E-state index >= 15 is 0 Å².